The number of ketones is 1. The normalized spacial score (nSPS) is 18.4. The number of benzene rings is 1. The fourth-order valence-corrected chi connectivity index (χ4v) is 2.31. The molecule has 1 aliphatic heterocycles. The first-order chi connectivity index (χ1) is 8.46. The molecule has 0 fully saturated rings. The summed E-state index contributed by atoms with van der Waals surface area (Å²) >= 11 is 0. The largest absolute Gasteiger partial charge is 0.479 e. The molecule has 1 aromatic rings. The molecule has 2 rings (SSSR count). The molecule has 1 N–H and O–H groups in total. The maximum atomic E-state index is 11.8. The van der Waals surface area contributed by atoms with Gasteiger partial charge in [0.15, 0.2) is 11.9 Å². The van der Waals surface area contributed by atoms with Crippen LogP contribution in [0.2, 0.25) is 0 Å². The lowest BCUT2D eigenvalue weighted by atomic mass is 10.1. The Kier molecular flexibility index (Phi) is 3.56. The Morgan fingerprint density at radius 2 is 2.17 bits per heavy atom. The second kappa shape index (κ2) is 4.97. The number of ether oxygens (including phenoxy) is 1. The molecule has 1 heterocycles. The molecule has 0 aliphatic carbocycles. The van der Waals surface area contributed by atoms with E-state index in [4.69, 9.17) is 4.74 Å². The summed E-state index contributed by atoms with van der Waals surface area (Å²) < 4.78 is 27.6. The van der Waals surface area contributed by atoms with Crippen molar-refractivity contribution in [3.8, 4) is 5.75 Å². The molecule has 0 saturated carbocycles. The van der Waals surface area contributed by atoms with Crippen LogP contribution in [-0.4, -0.2) is 38.9 Å². The zero-order valence-electron chi connectivity index (χ0n) is 10.0. The van der Waals surface area contributed by atoms with Crippen LogP contribution in [0.3, 0.4) is 0 Å². The summed E-state index contributed by atoms with van der Waals surface area (Å²) in [5.41, 5.74) is 0.852. The van der Waals surface area contributed by atoms with Crippen molar-refractivity contribution in [3.05, 3.63) is 24.3 Å². The van der Waals surface area contributed by atoms with Crippen LogP contribution in [0.4, 0.5) is 5.69 Å². The van der Waals surface area contributed by atoms with Gasteiger partial charge in [-0.2, -0.15) is 0 Å². The number of carbonyl (C=O) groups is 1. The van der Waals surface area contributed by atoms with Gasteiger partial charge in [-0.3, -0.25) is 4.79 Å². The van der Waals surface area contributed by atoms with Crippen molar-refractivity contribution in [1.82, 2.24) is 0 Å². The highest BCUT2D eigenvalue weighted by atomic mass is 32.2. The van der Waals surface area contributed by atoms with E-state index >= 15 is 0 Å². The number of Topliss-reactive ketones (excluding diaryl/α,β-unsaturated/α-hetero) is 1. The molecule has 5 nitrogen and oxygen atoms in total. The Hall–Kier alpha value is -1.56. The summed E-state index contributed by atoms with van der Waals surface area (Å²) in [6.07, 6.45) is 0.504. The molecule has 0 aromatic heterocycles. The average molecular weight is 269 g/mol. The zero-order valence-corrected chi connectivity index (χ0v) is 10.9. The monoisotopic (exact) mass is 269 g/mol. The molecule has 0 spiro atoms. The molecule has 1 unspecified atom stereocenters. The van der Waals surface area contributed by atoms with Gasteiger partial charge in [0.2, 0.25) is 0 Å². The van der Waals surface area contributed by atoms with E-state index in [1.807, 2.05) is 18.2 Å². The average Bonchev–Trinajstić information content (AvgIpc) is 2.34. The van der Waals surface area contributed by atoms with Crippen LogP contribution in [0.15, 0.2) is 24.3 Å². The summed E-state index contributed by atoms with van der Waals surface area (Å²) in [5, 5.41) is 3.10. The number of sulfone groups is 1. The number of anilines is 1. The molecule has 98 valence electrons. The van der Waals surface area contributed by atoms with Gasteiger partial charge in [-0.15, -0.1) is 0 Å². The SMILES string of the molecule is CS(=O)(=O)CCC(=O)C1CNc2ccccc2O1. The van der Waals surface area contributed by atoms with Gasteiger partial charge in [-0.1, -0.05) is 12.1 Å². The van der Waals surface area contributed by atoms with Crippen molar-refractivity contribution in [2.75, 3.05) is 23.9 Å². The molecule has 0 bridgehead atoms. The molecular formula is C12H15NO4S. The van der Waals surface area contributed by atoms with Crippen LogP contribution >= 0.6 is 0 Å². The van der Waals surface area contributed by atoms with Crippen LogP contribution < -0.4 is 10.1 Å². The number of fused-ring (bicyclic) bond motifs is 1. The van der Waals surface area contributed by atoms with Gasteiger partial charge in [0.1, 0.15) is 15.6 Å². The lowest BCUT2D eigenvalue weighted by molar-refractivity contribution is -0.125. The minimum atomic E-state index is -3.12. The minimum Gasteiger partial charge on any atom is -0.479 e. The fraction of sp³-hybridized carbons (Fsp3) is 0.417. The maximum absolute atomic E-state index is 11.8. The van der Waals surface area contributed by atoms with Crippen molar-refractivity contribution < 1.29 is 17.9 Å². The predicted molar refractivity (Wildman–Crippen MR) is 68.7 cm³/mol. The van der Waals surface area contributed by atoms with Gasteiger partial charge < -0.3 is 10.1 Å². The zero-order chi connectivity index (χ0) is 13.2. The molecule has 0 saturated heterocycles. The molecule has 1 aliphatic rings. The van der Waals surface area contributed by atoms with E-state index in [-0.39, 0.29) is 18.0 Å². The standard InChI is InChI=1S/C12H15NO4S/c1-18(15,16)7-6-10(14)12-8-13-9-4-2-3-5-11(9)17-12/h2-5,12-13H,6-8H2,1H3. The highest BCUT2D eigenvalue weighted by Crippen LogP contribution is 2.28. The number of hydrogen-bond acceptors (Lipinski definition) is 5. The van der Waals surface area contributed by atoms with Crippen LogP contribution in [-0.2, 0) is 14.6 Å². The van der Waals surface area contributed by atoms with Gasteiger partial charge in [0.25, 0.3) is 0 Å². The molecule has 1 aromatic carbocycles. The van der Waals surface area contributed by atoms with Crippen LogP contribution in [0, 0.1) is 0 Å². The van der Waals surface area contributed by atoms with E-state index in [2.05, 4.69) is 5.32 Å². The number of rotatable bonds is 4. The summed E-state index contributed by atoms with van der Waals surface area (Å²) in [6.45, 7) is 0.375. The van der Waals surface area contributed by atoms with Crippen LogP contribution in [0.1, 0.15) is 6.42 Å². The molecule has 1 atom stereocenters. The van der Waals surface area contributed by atoms with E-state index < -0.39 is 15.9 Å². The van der Waals surface area contributed by atoms with E-state index in [0.717, 1.165) is 11.9 Å². The third-order valence-electron chi connectivity index (χ3n) is 2.71. The van der Waals surface area contributed by atoms with Gasteiger partial charge in [-0.25, -0.2) is 8.42 Å². The number of hydrogen-bond donors (Lipinski definition) is 1. The topological polar surface area (TPSA) is 72.5 Å². The lowest BCUT2D eigenvalue weighted by Crippen LogP contribution is -2.38. The Labute approximate surface area is 106 Å². The van der Waals surface area contributed by atoms with E-state index in [1.165, 1.54) is 0 Å². The smallest absolute Gasteiger partial charge is 0.176 e. The maximum Gasteiger partial charge on any atom is 0.176 e. The Balaban J connectivity index is 1.99. The van der Waals surface area contributed by atoms with Crippen LogP contribution in [0.5, 0.6) is 5.75 Å². The quantitative estimate of drug-likeness (QED) is 0.877. The van der Waals surface area contributed by atoms with Crippen molar-refractivity contribution >= 4 is 21.3 Å². The van der Waals surface area contributed by atoms with Crippen molar-refractivity contribution in [1.29, 1.82) is 0 Å². The van der Waals surface area contributed by atoms with Crippen molar-refractivity contribution in [2.24, 2.45) is 0 Å². The first-order valence-corrected chi connectivity index (χ1v) is 7.72. The molecular weight excluding hydrogens is 254 g/mol. The third-order valence-corrected chi connectivity index (χ3v) is 3.66. The van der Waals surface area contributed by atoms with E-state index in [9.17, 15) is 13.2 Å². The first-order valence-electron chi connectivity index (χ1n) is 5.66. The fourth-order valence-electron chi connectivity index (χ4n) is 1.74. The number of para-hydroxylation sites is 2. The molecule has 0 radical (unpaired) electrons. The highest BCUT2D eigenvalue weighted by molar-refractivity contribution is 7.90. The van der Waals surface area contributed by atoms with E-state index in [1.54, 1.807) is 6.07 Å². The van der Waals surface area contributed by atoms with E-state index in [0.29, 0.717) is 12.3 Å². The minimum absolute atomic E-state index is 0.00660. The second-order valence-corrected chi connectivity index (χ2v) is 6.59. The van der Waals surface area contributed by atoms with Gasteiger partial charge in [0, 0.05) is 12.7 Å². The number of carbonyl (C=O) groups excluding carboxylic acids is 1. The summed E-state index contributed by atoms with van der Waals surface area (Å²) in [5.74, 6) is 0.303. The summed E-state index contributed by atoms with van der Waals surface area (Å²) in [6, 6.07) is 7.34. The Morgan fingerprint density at radius 3 is 2.89 bits per heavy atom. The summed E-state index contributed by atoms with van der Waals surface area (Å²) in [7, 11) is -3.12. The Morgan fingerprint density at radius 1 is 1.44 bits per heavy atom. The lowest BCUT2D eigenvalue weighted by Gasteiger charge is -2.26. The Bertz CT molecular complexity index is 553. The van der Waals surface area contributed by atoms with Crippen LogP contribution in [0.25, 0.3) is 0 Å². The van der Waals surface area contributed by atoms with Gasteiger partial charge in [0.05, 0.1) is 18.0 Å². The second-order valence-electron chi connectivity index (χ2n) is 4.33. The summed E-state index contributed by atoms with van der Waals surface area (Å²) in [4.78, 5) is 11.8. The van der Waals surface area contributed by atoms with Crippen molar-refractivity contribution in [3.63, 3.8) is 0 Å². The van der Waals surface area contributed by atoms with Gasteiger partial charge >= 0.3 is 0 Å². The number of nitrogens with one attached hydrogen (secondary N) is 1. The molecule has 18 heavy (non-hydrogen) atoms. The molecule has 0 amide bonds. The first kappa shape index (κ1) is 12.9. The predicted octanol–water partition coefficient (Wildman–Crippen LogP) is 0.863. The van der Waals surface area contributed by atoms with Crippen molar-refractivity contribution in [2.45, 2.75) is 12.5 Å². The highest BCUT2D eigenvalue weighted by Gasteiger charge is 2.25. The third kappa shape index (κ3) is 3.22. The molecule has 6 heteroatoms. The van der Waals surface area contributed by atoms with Gasteiger partial charge in [-0.05, 0) is 12.1 Å².